The van der Waals surface area contributed by atoms with Crippen molar-refractivity contribution in [3.8, 4) is 0 Å². The van der Waals surface area contributed by atoms with Crippen LogP contribution in [0.2, 0.25) is 0 Å². The van der Waals surface area contributed by atoms with Crippen molar-refractivity contribution < 1.29 is 28.7 Å². The van der Waals surface area contributed by atoms with Gasteiger partial charge in [-0.3, -0.25) is 14.5 Å². The molecule has 0 saturated carbocycles. The van der Waals surface area contributed by atoms with Gasteiger partial charge in [0.25, 0.3) is 11.8 Å². The van der Waals surface area contributed by atoms with E-state index < -0.39 is 41.7 Å². The Morgan fingerprint density at radius 2 is 1.35 bits per heavy atom. The minimum Gasteiger partial charge on any atom is -0.448 e. The molecule has 2 unspecified atom stereocenters. The van der Waals surface area contributed by atoms with Gasteiger partial charge in [0.05, 0.1) is 6.61 Å². The molecule has 62 heavy (non-hydrogen) atoms. The van der Waals surface area contributed by atoms with E-state index in [9.17, 15) is 14.4 Å². The molecular weight excluding hydrogens is 801 g/mol. The number of amides is 2. The summed E-state index contributed by atoms with van der Waals surface area (Å²) in [5.74, 6) is -1.99. The lowest BCUT2D eigenvalue weighted by atomic mass is 9.77. The molecule has 312 valence electrons. The summed E-state index contributed by atoms with van der Waals surface area (Å²) in [6.45, 7) is -0.0247. The van der Waals surface area contributed by atoms with Gasteiger partial charge >= 0.3 is 5.97 Å². The maximum absolute atomic E-state index is 14.3. The molecule has 0 spiro atoms. The molecule has 1 fully saturated rings. The number of oxime groups is 1. The van der Waals surface area contributed by atoms with Crippen molar-refractivity contribution >= 4 is 40.0 Å². The lowest BCUT2D eigenvalue weighted by Gasteiger charge is -2.49. The summed E-state index contributed by atoms with van der Waals surface area (Å²) in [6.07, 6.45) is 1.71. The Labute approximate surface area is 363 Å². The standard InChI is InChI=1S/C49H44N6O6S/c1-54(2)30-29-35-31-60-46-41(45(57)55(46)42(35)47(58)61-43(33-19-9-4-10-20-33)34-21-11-5-12-22-34)51-44(56)40(53-59-3)39-32-62-48(50-39)52-49(36-23-13-6-14-24-36,37-25-15-7-16-26-37)38-27-17-8-18-28-38/h4-30,32,41,43,46H,31H2,1-3H3,(H,50,52)(H,51,56)/b30-29+,53-40+. The Balaban J connectivity index is 1.06. The molecule has 2 aliphatic heterocycles. The molecule has 13 heteroatoms. The van der Waals surface area contributed by atoms with Crippen molar-refractivity contribution in [2.24, 2.45) is 5.16 Å². The Hall–Kier alpha value is -7.35. The van der Waals surface area contributed by atoms with Crippen molar-refractivity contribution in [2.45, 2.75) is 23.9 Å². The highest BCUT2D eigenvalue weighted by Crippen LogP contribution is 2.41. The fraction of sp³-hybridized carbons (Fsp3) is 0.163. The van der Waals surface area contributed by atoms with E-state index in [-0.39, 0.29) is 23.7 Å². The predicted molar refractivity (Wildman–Crippen MR) is 238 cm³/mol. The summed E-state index contributed by atoms with van der Waals surface area (Å²) in [5.41, 5.74) is 4.14. The minimum absolute atomic E-state index is 0.0247. The quantitative estimate of drug-likeness (QED) is 0.0361. The second-order valence-corrected chi connectivity index (χ2v) is 15.6. The zero-order valence-electron chi connectivity index (χ0n) is 34.3. The highest BCUT2D eigenvalue weighted by atomic mass is 32.1. The number of ether oxygens (including phenoxy) is 2. The fourth-order valence-corrected chi connectivity index (χ4v) is 8.38. The number of carbonyl (C=O) groups is 3. The second kappa shape index (κ2) is 18.5. The number of fused-ring (bicyclic) bond motifs is 1. The van der Waals surface area contributed by atoms with Crippen LogP contribution in [0.3, 0.4) is 0 Å². The monoisotopic (exact) mass is 844 g/mol. The molecule has 2 amide bonds. The molecule has 6 aromatic rings. The molecule has 3 heterocycles. The van der Waals surface area contributed by atoms with Crippen LogP contribution in [0.25, 0.3) is 0 Å². The predicted octanol–water partition coefficient (Wildman–Crippen LogP) is 7.24. The molecule has 0 aliphatic carbocycles. The SMILES string of the molecule is CO/N=C(/C(=O)NC1C(=O)N2C(C(=O)OC(c3ccccc3)c3ccccc3)=C(/C=C/N(C)C)COC12)c1csc(NC(c2ccccc2)(c2ccccc2)c2ccccc2)n1. The first kappa shape index (κ1) is 41.4. The van der Waals surface area contributed by atoms with Crippen LogP contribution in [0.5, 0.6) is 0 Å². The Kier molecular flexibility index (Phi) is 12.4. The first-order valence-electron chi connectivity index (χ1n) is 19.9. The summed E-state index contributed by atoms with van der Waals surface area (Å²) in [5, 5.41) is 12.8. The van der Waals surface area contributed by atoms with Gasteiger partial charge in [-0.2, -0.15) is 0 Å². The van der Waals surface area contributed by atoms with Crippen LogP contribution in [0.1, 0.15) is 39.6 Å². The van der Waals surface area contributed by atoms with E-state index in [2.05, 4.69) is 52.2 Å². The molecule has 1 saturated heterocycles. The lowest BCUT2D eigenvalue weighted by molar-refractivity contribution is -0.185. The van der Waals surface area contributed by atoms with Crippen LogP contribution in [0, 0.1) is 0 Å². The molecule has 12 nitrogen and oxygen atoms in total. The maximum Gasteiger partial charge on any atom is 0.356 e. The van der Waals surface area contributed by atoms with Gasteiger partial charge in [-0.25, -0.2) is 9.78 Å². The topological polar surface area (TPSA) is 135 Å². The van der Waals surface area contributed by atoms with Gasteiger partial charge in [0, 0.05) is 25.0 Å². The molecule has 0 bridgehead atoms. The zero-order valence-corrected chi connectivity index (χ0v) is 35.1. The number of nitrogens with zero attached hydrogens (tertiary/aromatic N) is 4. The smallest absolute Gasteiger partial charge is 0.356 e. The highest BCUT2D eigenvalue weighted by Gasteiger charge is 2.55. The van der Waals surface area contributed by atoms with Gasteiger partial charge in [-0.15, -0.1) is 11.3 Å². The van der Waals surface area contributed by atoms with Crippen LogP contribution < -0.4 is 10.6 Å². The third kappa shape index (κ3) is 8.36. The first-order valence-corrected chi connectivity index (χ1v) is 20.8. The van der Waals surface area contributed by atoms with Gasteiger partial charge in [0.2, 0.25) is 0 Å². The summed E-state index contributed by atoms with van der Waals surface area (Å²) in [7, 11) is 5.01. The maximum atomic E-state index is 14.3. The van der Waals surface area contributed by atoms with E-state index in [1.807, 2.05) is 129 Å². The molecule has 8 rings (SSSR count). The van der Waals surface area contributed by atoms with Crippen molar-refractivity contribution in [1.82, 2.24) is 20.1 Å². The van der Waals surface area contributed by atoms with Crippen molar-refractivity contribution in [1.29, 1.82) is 0 Å². The van der Waals surface area contributed by atoms with Crippen molar-refractivity contribution in [3.63, 3.8) is 0 Å². The van der Waals surface area contributed by atoms with E-state index >= 15 is 0 Å². The number of carbonyl (C=O) groups excluding carboxylic acids is 3. The van der Waals surface area contributed by atoms with E-state index in [0.29, 0.717) is 10.7 Å². The highest BCUT2D eigenvalue weighted by molar-refractivity contribution is 7.14. The number of hydrogen-bond acceptors (Lipinski definition) is 11. The number of β-lactam (4-membered cyclic amide) rings is 1. The lowest BCUT2D eigenvalue weighted by Crippen LogP contribution is -2.73. The second-order valence-electron chi connectivity index (χ2n) is 14.8. The van der Waals surface area contributed by atoms with E-state index in [4.69, 9.17) is 19.3 Å². The molecule has 2 atom stereocenters. The van der Waals surface area contributed by atoms with E-state index in [1.54, 1.807) is 22.6 Å². The number of benzene rings is 5. The van der Waals surface area contributed by atoms with Gasteiger partial charge < -0.3 is 29.8 Å². The van der Waals surface area contributed by atoms with Crippen LogP contribution in [-0.4, -0.2) is 78.4 Å². The number of thiazole rings is 1. The van der Waals surface area contributed by atoms with E-state index in [1.165, 1.54) is 23.3 Å². The number of aromatic nitrogens is 1. The molecule has 2 N–H and O–H groups in total. The third-order valence-electron chi connectivity index (χ3n) is 10.5. The molecular formula is C49H44N6O6S. The van der Waals surface area contributed by atoms with Gasteiger partial charge in [0.1, 0.15) is 24.0 Å². The number of nitrogens with one attached hydrogen (secondary N) is 2. The van der Waals surface area contributed by atoms with Crippen molar-refractivity contribution in [2.75, 3.05) is 33.1 Å². The van der Waals surface area contributed by atoms with Gasteiger partial charge in [0.15, 0.2) is 29.2 Å². The zero-order chi connectivity index (χ0) is 43.1. The number of rotatable bonds is 15. The minimum atomic E-state index is -1.15. The van der Waals surface area contributed by atoms with Crippen LogP contribution in [0.4, 0.5) is 5.13 Å². The fourth-order valence-electron chi connectivity index (χ4n) is 7.63. The Morgan fingerprint density at radius 1 is 0.839 bits per heavy atom. The van der Waals surface area contributed by atoms with Crippen LogP contribution in [-0.2, 0) is 34.2 Å². The number of hydrogen-bond donors (Lipinski definition) is 2. The number of anilines is 1. The van der Waals surface area contributed by atoms with Crippen LogP contribution >= 0.6 is 11.3 Å². The summed E-state index contributed by atoms with van der Waals surface area (Å²) in [6, 6.07) is 47.9. The molecule has 0 radical (unpaired) electrons. The largest absolute Gasteiger partial charge is 0.448 e. The first-order chi connectivity index (χ1) is 30.3. The van der Waals surface area contributed by atoms with Crippen LogP contribution in [0.15, 0.2) is 186 Å². The number of esters is 1. The van der Waals surface area contributed by atoms with Crippen molar-refractivity contribution in [3.05, 3.63) is 214 Å². The summed E-state index contributed by atoms with van der Waals surface area (Å²) < 4.78 is 12.4. The summed E-state index contributed by atoms with van der Waals surface area (Å²) in [4.78, 5) is 55.6. The molecule has 2 aliphatic rings. The van der Waals surface area contributed by atoms with Gasteiger partial charge in [-0.05, 0) is 40.1 Å². The Bertz CT molecular complexity index is 2470. The Morgan fingerprint density at radius 3 is 1.85 bits per heavy atom. The summed E-state index contributed by atoms with van der Waals surface area (Å²) >= 11 is 1.30. The average Bonchev–Trinajstić information content (AvgIpc) is 3.79. The van der Waals surface area contributed by atoms with Gasteiger partial charge in [-0.1, -0.05) is 157 Å². The molecule has 1 aromatic heterocycles. The van der Waals surface area contributed by atoms with E-state index in [0.717, 1.165) is 27.8 Å². The molecule has 5 aromatic carbocycles. The third-order valence-corrected chi connectivity index (χ3v) is 11.3. The average molecular weight is 845 g/mol. The normalized spacial score (nSPS) is 16.4.